The first-order valence-electron chi connectivity index (χ1n) is 11.4. The van der Waals surface area contributed by atoms with Crippen LogP contribution in [0.3, 0.4) is 0 Å². The molecule has 7 heteroatoms. The molecule has 0 bridgehead atoms. The molecule has 170 valence electrons. The highest BCUT2D eigenvalue weighted by atomic mass is 16.5. The Kier molecular flexibility index (Phi) is 6.74. The summed E-state index contributed by atoms with van der Waals surface area (Å²) in [5, 5.41) is 2.92. The number of carbonyl (C=O) groups excluding carboxylic acids is 2. The minimum atomic E-state index is -0.225. The molecule has 32 heavy (non-hydrogen) atoms. The van der Waals surface area contributed by atoms with E-state index in [1.807, 2.05) is 35.4 Å². The lowest BCUT2D eigenvalue weighted by atomic mass is 9.88. The Bertz CT molecular complexity index is 968. The number of pyridine rings is 1. The highest BCUT2D eigenvalue weighted by molar-refractivity contribution is 5.94. The van der Waals surface area contributed by atoms with Gasteiger partial charge in [0.25, 0.3) is 5.91 Å². The van der Waals surface area contributed by atoms with Crippen LogP contribution in [0, 0.1) is 12.8 Å². The number of benzene rings is 1. The van der Waals surface area contributed by atoms with Crippen LogP contribution in [-0.2, 0) is 16.0 Å². The van der Waals surface area contributed by atoms with Gasteiger partial charge in [-0.2, -0.15) is 0 Å². The van der Waals surface area contributed by atoms with Gasteiger partial charge in [-0.05, 0) is 42.2 Å². The lowest BCUT2D eigenvalue weighted by Gasteiger charge is -2.36. The van der Waals surface area contributed by atoms with Gasteiger partial charge < -0.3 is 19.9 Å². The van der Waals surface area contributed by atoms with E-state index in [0.29, 0.717) is 31.8 Å². The van der Waals surface area contributed by atoms with Gasteiger partial charge >= 0.3 is 0 Å². The number of aromatic nitrogens is 1. The Morgan fingerprint density at radius 3 is 2.53 bits per heavy atom. The van der Waals surface area contributed by atoms with E-state index in [1.165, 1.54) is 11.1 Å². The summed E-state index contributed by atoms with van der Waals surface area (Å²) in [7, 11) is 1.65. The number of hydrogen-bond acceptors (Lipinski definition) is 5. The topological polar surface area (TPSA) is 74.8 Å². The average Bonchev–Trinajstić information content (AvgIpc) is 3.19. The van der Waals surface area contributed by atoms with Crippen molar-refractivity contribution in [2.75, 3.05) is 51.3 Å². The normalized spacial score (nSPS) is 21.0. The molecule has 1 aromatic carbocycles. The summed E-state index contributed by atoms with van der Waals surface area (Å²) in [4.78, 5) is 34.1. The zero-order valence-electron chi connectivity index (χ0n) is 19.1. The smallest absolute Gasteiger partial charge is 0.253 e. The maximum absolute atomic E-state index is 13.0. The summed E-state index contributed by atoms with van der Waals surface area (Å²) in [5.74, 6) is 0.965. The van der Waals surface area contributed by atoms with Crippen molar-refractivity contribution in [3.05, 3.63) is 58.8 Å². The summed E-state index contributed by atoms with van der Waals surface area (Å²) in [6.07, 6.45) is 2.93. The van der Waals surface area contributed by atoms with E-state index in [4.69, 9.17) is 4.74 Å². The van der Waals surface area contributed by atoms with E-state index in [9.17, 15) is 9.59 Å². The predicted octanol–water partition coefficient (Wildman–Crippen LogP) is 2.39. The second-order valence-electron chi connectivity index (χ2n) is 8.68. The summed E-state index contributed by atoms with van der Waals surface area (Å²) < 4.78 is 5.27. The molecule has 4 rings (SSSR count). The molecule has 1 unspecified atom stereocenters. The number of ether oxygens (including phenoxy) is 1. The first-order chi connectivity index (χ1) is 15.5. The second kappa shape index (κ2) is 9.69. The highest BCUT2D eigenvalue weighted by Gasteiger charge is 2.36. The zero-order chi connectivity index (χ0) is 22.7. The molecule has 0 saturated carbocycles. The molecule has 2 fully saturated rings. The van der Waals surface area contributed by atoms with Crippen molar-refractivity contribution < 1.29 is 14.3 Å². The Hall–Kier alpha value is -2.93. The van der Waals surface area contributed by atoms with Crippen LogP contribution < -0.4 is 10.2 Å². The van der Waals surface area contributed by atoms with Crippen LogP contribution >= 0.6 is 0 Å². The molecule has 2 saturated heterocycles. The van der Waals surface area contributed by atoms with Crippen molar-refractivity contribution >= 4 is 17.6 Å². The number of rotatable bonds is 6. The van der Waals surface area contributed by atoms with Crippen LogP contribution in [0.25, 0.3) is 0 Å². The first kappa shape index (κ1) is 22.3. The van der Waals surface area contributed by atoms with E-state index in [2.05, 4.69) is 35.1 Å². The SMILES string of the molecule is CCc1cnc(N2CCN(C(=O)c3ccc([C@@H]4C(=O)NCC4COC)cc3)CC2)c(C)c1. The molecule has 2 aromatic rings. The molecule has 3 heterocycles. The van der Waals surface area contributed by atoms with E-state index in [-0.39, 0.29) is 23.7 Å². The lowest BCUT2D eigenvalue weighted by Crippen LogP contribution is -2.49. The number of nitrogens with zero attached hydrogens (tertiary/aromatic N) is 3. The molecule has 7 nitrogen and oxygen atoms in total. The minimum absolute atomic E-state index is 0.0260. The van der Waals surface area contributed by atoms with Gasteiger partial charge in [-0.25, -0.2) is 4.98 Å². The molecule has 2 aliphatic rings. The van der Waals surface area contributed by atoms with Gasteiger partial charge in [0, 0.05) is 57.5 Å². The Morgan fingerprint density at radius 1 is 1.19 bits per heavy atom. The third-order valence-corrected chi connectivity index (χ3v) is 6.57. The number of carbonyl (C=O) groups is 2. The maximum Gasteiger partial charge on any atom is 0.253 e. The molecule has 2 atom stereocenters. The van der Waals surface area contributed by atoms with Crippen LogP contribution in [0.4, 0.5) is 5.82 Å². The van der Waals surface area contributed by atoms with Crippen LogP contribution in [0.1, 0.15) is 39.9 Å². The number of hydrogen-bond donors (Lipinski definition) is 1. The van der Waals surface area contributed by atoms with E-state index in [0.717, 1.165) is 30.9 Å². The van der Waals surface area contributed by atoms with Crippen molar-refractivity contribution in [2.45, 2.75) is 26.2 Å². The largest absolute Gasteiger partial charge is 0.384 e. The van der Waals surface area contributed by atoms with Crippen molar-refractivity contribution in [1.82, 2.24) is 15.2 Å². The maximum atomic E-state index is 13.0. The van der Waals surface area contributed by atoms with E-state index >= 15 is 0 Å². The molecule has 2 aliphatic heterocycles. The molecular formula is C25H32N4O3. The monoisotopic (exact) mass is 436 g/mol. The number of anilines is 1. The van der Waals surface area contributed by atoms with Crippen LogP contribution in [-0.4, -0.2) is 68.1 Å². The van der Waals surface area contributed by atoms with Gasteiger partial charge in [-0.15, -0.1) is 0 Å². The molecule has 1 aromatic heterocycles. The zero-order valence-corrected chi connectivity index (χ0v) is 19.1. The highest BCUT2D eigenvalue weighted by Crippen LogP contribution is 2.30. The Balaban J connectivity index is 1.39. The van der Waals surface area contributed by atoms with Gasteiger partial charge in [-0.3, -0.25) is 9.59 Å². The summed E-state index contributed by atoms with van der Waals surface area (Å²) >= 11 is 0. The Morgan fingerprint density at radius 2 is 1.91 bits per heavy atom. The van der Waals surface area contributed by atoms with Gasteiger partial charge in [0.1, 0.15) is 5.82 Å². The van der Waals surface area contributed by atoms with Crippen LogP contribution in [0.2, 0.25) is 0 Å². The lowest BCUT2D eigenvalue weighted by molar-refractivity contribution is -0.120. The molecular weight excluding hydrogens is 404 g/mol. The Labute approximate surface area is 189 Å². The first-order valence-corrected chi connectivity index (χ1v) is 11.4. The fraction of sp³-hybridized carbons (Fsp3) is 0.480. The summed E-state index contributed by atoms with van der Waals surface area (Å²) in [6, 6.07) is 9.70. The standard InChI is InChI=1S/C25H32N4O3/c1-4-18-13-17(2)23(26-14-18)28-9-11-29(12-10-28)25(31)20-7-5-19(6-8-20)22-21(16-32-3)15-27-24(22)30/h5-8,13-14,21-22H,4,9-12,15-16H2,1-3H3,(H,27,30)/t21?,22-/m0/s1. The van der Waals surface area contributed by atoms with Crippen molar-refractivity contribution in [2.24, 2.45) is 5.92 Å². The van der Waals surface area contributed by atoms with Gasteiger partial charge in [0.2, 0.25) is 5.91 Å². The average molecular weight is 437 g/mol. The number of piperazine rings is 1. The van der Waals surface area contributed by atoms with Gasteiger partial charge in [0.15, 0.2) is 0 Å². The molecule has 1 N–H and O–H groups in total. The number of nitrogens with one attached hydrogen (secondary N) is 1. The number of methoxy groups -OCH3 is 1. The van der Waals surface area contributed by atoms with Gasteiger partial charge in [0.05, 0.1) is 12.5 Å². The van der Waals surface area contributed by atoms with Crippen LogP contribution in [0.15, 0.2) is 36.5 Å². The van der Waals surface area contributed by atoms with Crippen molar-refractivity contribution in [1.29, 1.82) is 0 Å². The molecule has 0 spiro atoms. The fourth-order valence-electron chi connectivity index (χ4n) is 4.75. The molecule has 0 radical (unpaired) electrons. The second-order valence-corrected chi connectivity index (χ2v) is 8.68. The third-order valence-electron chi connectivity index (χ3n) is 6.57. The number of aryl methyl sites for hydroxylation is 2. The quantitative estimate of drug-likeness (QED) is 0.753. The summed E-state index contributed by atoms with van der Waals surface area (Å²) in [6.45, 7) is 8.25. The van der Waals surface area contributed by atoms with Crippen molar-refractivity contribution in [3.63, 3.8) is 0 Å². The van der Waals surface area contributed by atoms with Crippen LogP contribution in [0.5, 0.6) is 0 Å². The summed E-state index contributed by atoms with van der Waals surface area (Å²) in [5.41, 5.74) is 4.01. The molecule has 2 amide bonds. The molecule has 0 aliphatic carbocycles. The third kappa shape index (κ3) is 4.48. The van der Waals surface area contributed by atoms with E-state index in [1.54, 1.807) is 7.11 Å². The fourth-order valence-corrected chi connectivity index (χ4v) is 4.75. The predicted molar refractivity (Wildman–Crippen MR) is 124 cm³/mol. The van der Waals surface area contributed by atoms with Gasteiger partial charge in [-0.1, -0.05) is 25.1 Å². The van der Waals surface area contributed by atoms with E-state index < -0.39 is 0 Å². The van der Waals surface area contributed by atoms with Crippen molar-refractivity contribution in [3.8, 4) is 0 Å². The number of amides is 2. The minimum Gasteiger partial charge on any atom is -0.384 e.